The molecule has 0 aromatic carbocycles. The molecule has 0 amide bonds. The molecule has 3 unspecified atom stereocenters. The van der Waals surface area contributed by atoms with Crippen molar-refractivity contribution in [2.45, 2.75) is 39.0 Å². The Hall–Kier alpha value is 0. The smallest absolute Gasteiger partial charge is 0.0198 e. The summed E-state index contributed by atoms with van der Waals surface area (Å²) in [7, 11) is 0. The van der Waals surface area contributed by atoms with Crippen molar-refractivity contribution in [3.05, 3.63) is 0 Å². The lowest BCUT2D eigenvalue weighted by Crippen LogP contribution is -2.11. The van der Waals surface area contributed by atoms with E-state index in [2.05, 4.69) is 6.92 Å². The van der Waals surface area contributed by atoms with Crippen molar-refractivity contribution in [1.29, 1.82) is 0 Å². The van der Waals surface area contributed by atoms with Crippen LogP contribution in [0.15, 0.2) is 0 Å². The summed E-state index contributed by atoms with van der Waals surface area (Å²) in [6, 6.07) is 0. The fourth-order valence-electron chi connectivity index (χ4n) is 3.68. The molecule has 3 rings (SSSR count). The highest BCUT2D eigenvalue weighted by molar-refractivity contribution is 5.41. The van der Waals surface area contributed by atoms with Crippen LogP contribution in [0.3, 0.4) is 0 Å². The second-order valence-corrected chi connectivity index (χ2v) is 4.33. The van der Waals surface area contributed by atoms with Gasteiger partial charge in [0.2, 0.25) is 0 Å². The molecule has 0 aromatic heterocycles. The van der Waals surface area contributed by atoms with Gasteiger partial charge >= 0.3 is 0 Å². The average Bonchev–Trinajstić information content (AvgIpc) is 2.51. The van der Waals surface area contributed by atoms with Crippen LogP contribution >= 0.6 is 0 Å². The quantitative estimate of drug-likeness (QED) is 0.528. The predicted molar refractivity (Wildman–Crippen MR) is 37.1 cm³/mol. The molecular weight excluding hydrogens is 108 g/mol. The Labute approximate surface area is 56.6 Å². The van der Waals surface area contributed by atoms with Crippen LogP contribution in [0, 0.1) is 16.7 Å². The van der Waals surface area contributed by atoms with Gasteiger partial charge < -0.3 is 0 Å². The van der Waals surface area contributed by atoms with E-state index in [1.807, 2.05) is 0 Å². The number of hydrogen-bond donors (Lipinski definition) is 0. The van der Waals surface area contributed by atoms with E-state index in [0.717, 1.165) is 10.8 Å². The third-order valence-corrected chi connectivity index (χ3v) is 4.32. The van der Waals surface area contributed by atoms with Gasteiger partial charge in [0.25, 0.3) is 0 Å². The van der Waals surface area contributed by atoms with Crippen molar-refractivity contribution in [3.63, 3.8) is 0 Å². The molecule has 3 aliphatic carbocycles. The summed E-state index contributed by atoms with van der Waals surface area (Å²) in [4.78, 5) is 0. The number of fused-ring (bicyclic) bond motifs is 1. The minimum atomic E-state index is 0.974. The molecule has 50 valence electrons. The summed E-state index contributed by atoms with van der Waals surface area (Å²) >= 11 is 0. The fraction of sp³-hybridized carbons (Fsp3) is 1.00. The maximum Gasteiger partial charge on any atom is -0.0198 e. The predicted octanol–water partition coefficient (Wildman–Crippen LogP) is 2.59. The first-order chi connectivity index (χ1) is 4.36. The summed E-state index contributed by atoms with van der Waals surface area (Å²) in [5, 5.41) is 0. The summed E-state index contributed by atoms with van der Waals surface area (Å²) in [6.45, 7) is 2.33. The van der Waals surface area contributed by atoms with Crippen LogP contribution in [0.5, 0.6) is 0 Å². The summed E-state index contributed by atoms with van der Waals surface area (Å²) in [5.41, 5.74) is 1.98. The SMILES string of the molecule is CCCC12CC13CCC23. The molecule has 3 aliphatic rings. The maximum atomic E-state index is 2.33. The molecule has 0 heteroatoms. The molecule has 9 heavy (non-hydrogen) atoms. The van der Waals surface area contributed by atoms with E-state index in [-0.39, 0.29) is 0 Å². The molecular formula is C9H14. The first-order valence-electron chi connectivity index (χ1n) is 4.36. The molecule has 0 saturated heterocycles. The Morgan fingerprint density at radius 2 is 2.33 bits per heavy atom. The molecule has 0 heterocycles. The lowest BCUT2D eigenvalue weighted by molar-refractivity contribution is 0.287. The fourth-order valence-corrected chi connectivity index (χ4v) is 3.68. The topological polar surface area (TPSA) is 0 Å². The highest BCUT2D eigenvalue weighted by Crippen LogP contribution is 2.99. The Morgan fingerprint density at radius 1 is 1.56 bits per heavy atom. The summed E-state index contributed by atoms with van der Waals surface area (Å²) in [6.07, 6.45) is 7.78. The maximum absolute atomic E-state index is 2.33. The molecule has 0 bridgehead atoms. The molecule has 0 nitrogen and oxygen atoms in total. The number of rotatable bonds is 2. The first-order valence-corrected chi connectivity index (χ1v) is 4.36. The van der Waals surface area contributed by atoms with E-state index in [1.165, 1.54) is 12.3 Å². The summed E-state index contributed by atoms with van der Waals surface area (Å²) < 4.78 is 0. The van der Waals surface area contributed by atoms with E-state index >= 15 is 0 Å². The van der Waals surface area contributed by atoms with E-state index in [9.17, 15) is 0 Å². The van der Waals surface area contributed by atoms with Crippen LogP contribution < -0.4 is 0 Å². The standard InChI is InChI=1S/C9H14/c1-2-4-8-6-9(8)5-3-7(8)9/h7H,2-6H2,1H3. The molecule has 1 spiro atoms. The summed E-state index contributed by atoms with van der Waals surface area (Å²) in [5.74, 6) is 1.24. The number of hydrogen-bond acceptors (Lipinski definition) is 0. The normalized spacial score (nSPS) is 65.7. The van der Waals surface area contributed by atoms with Gasteiger partial charge in [-0.1, -0.05) is 13.3 Å². The third-order valence-electron chi connectivity index (χ3n) is 4.32. The van der Waals surface area contributed by atoms with Crippen molar-refractivity contribution in [3.8, 4) is 0 Å². The molecule has 3 atom stereocenters. The van der Waals surface area contributed by atoms with Crippen LogP contribution in [0.1, 0.15) is 39.0 Å². The van der Waals surface area contributed by atoms with Gasteiger partial charge in [-0.25, -0.2) is 0 Å². The van der Waals surface area contributed by atoms with E-state index < -0.39 is 0 Å². The molecule has 0 aliphatic heterocycles. The molecule has 0 aromatic rings. The van der Waals surface area contributed by atoms with Crippen molar-refractivity contribution in [2.24, 2.45) is 16.7 Å². The van der Waals surface area contributed by atoms with Gasteiger partial charge in [-0.3, -0.25) is 0 Å². The monoisotopic (exact) mass is 122 g/mol. The Morgan fingerprint density at radius 3 is 2.67 bits per heavy atom. The van der Waals surface area contributed by atoms with Crippen molar-refractivity contribution in [1.82, 2.24) is 0 Å². The van der Waals surface area contributed by atoms with Crippen molar-refractivity contribution >= 4 is 0 Å². The van der Waals surface area contributed by atoms with Crippen LogP contribution in [-0.2, 0) is 0 Å². The van der Waals surface area contributed by atoms with E-state index in [0.29, 0.717) is 0 Å². The minimum absolute atomic E-state index is 0.974. The zero-order valence-electron chi connectivity index (χ0n) is 6.11. The second kappa shape index (κ2) is 0.980. The van der Waals surface area contributed by atoms with Gasteiger partial charge in [0.05, 0.1) is 0 Å². The van der Waals surface area contributed by atoms with Crippen LogP contribution in [0.4, 0.5) is 0 Å². The van der Waals surface area contributed by atoms with Gasteiger partial charge in [-0.15, -0.1) is 0 Å². The van der Waals surface area contributed by atoms with Crippen molar-refractivity contribution in [2.75, 3.05) is 0 Å². The van der Waals surface area contributed by atoms with Gasteiger partial charge in [-0.2, -0.15) is 0 Å². The Bertz CT molecular complexity index is 173. The van der Waals surface area contributed by atoms with Gasteiger partial charge in [0, 0.05) is 0 Å². The molecule has 3 fully saturated rings. The van der Waals surface area contributed by atoms with E-state index in [4.69, 9.17) is 0 Å². The van der Waals surface area contributed by atoms with Gasteiger partial charge in [-0.05, 0) is 42.4 Å². The Kier molecular flexibility index (Phi) is 0.518. The molecule has 0 N–H and O–H groups in total. The zero-order chi connectivity index (χ0) is 6.11. The lowest BCUT2D eigenvalue weighted by atomic mass is 9.83. The third kappa shape index (κ3) is 0.264. The highest BCUT2D eigenvalue weighted by atomic mass is 15.0. The lowest BCUT2D eigenvalue weighted by Gasteiger charge is -2.21. The largest absolute Gasteiger partial charge is 0.0654 e. The first kappa shape index (κ1) is 4.76. The van der Waals surface area contributed by atoms with Crippen LogP contribution in [-0.4, -0.2) is 0 Å². The van der Waals surface area contributed by atoms with Gasteiger partial charge in [0.15, 0.2) is 0 Å². The van der Waals surface area contributed by atoms with Crippen LogP contribution in [0.25, 0.3) is 0 Å². The average molecular weight is 122 g/mol. The highest BCUT2D eigenvalue weighted by Gasteiger charge is 2.92. The molecule has 3 saturated carbocycles. The van der Waals surface area contributed by atoms with Gasteiger partial charge in [0.1, 0.15) is 0 Å². The molecule has 0 radical (unpaired) electrons. The zero-order valence-corrected chi connectivity index (χ0v) is 6.11. The minimum Gasteiger partial charge on any atom is -0.0654 e. The van der Waals surface area contributed by atoms with E-state index in [1.54, 1.807) is 25.7 Å². The second-order valence-electron chi connectivity index (χ2n) is 4.33. The van der Waals surface area contributed by atoms with Crippen molar-refractivity contribution < 1.29 is 0 Å². The Balaban J connectivity index is 1.81. The van der Waals surface area contributed by atoms with Crippen LogP contribution in [0.2, 0.25) is 0 Å².